The number of piperazine rings is 1. The van der Waals surface area contributed by atoms with Gasteiger partial charge in [0, 0.05) is 18.1 Å². The summed E-state index contributed by atoms with van der Waals surface area (Å²) in [6.45, 7) is 4.56. The van der Waals surface area contributed by atoms with Crippen LogP contribution in [-0.2, 0) is 16.1 Å². The second-order valence-electron chi connectivity index (χ2n) is 5.19. The lowest BCUT2D eigenvalue weighted by atomic mass is 10.1. The number of hydrogen-bond acceptors (Lipinski definition) is 2. The molecule has 1 aromatic carbocycles. The van der Waals surface area contributed by atoms with E-state index < -0.39 is 11.9 Å². The number of carbonyl (C=O) groups excluding carboxylic acids is 2. The third-order valence-electron chi connectivity index (χ3n) is 3.63. The average molecular weight is 313 g/mol. The Kier molecular flexibility index (Phi) is 4.83. The molecule has 0 bridgehead atoms. The summed E-state index contributed by atoms with van der Waals surface area (Å²) in [6.07, 6.45) is 0.815. The number of rotatable bonds is 4. The zero-order valence-electron chi connectivity index (χ0n) is 12.1. The lowest BCUT2D eigenvalue weighted by molar-refractivity contribution is -0.155. The van der Waals surface area contributed by atoms with Crippen molar-refractivity contribution in [3.63, 3.8) is 0 Å². The molecule has 1 fully saturated rings. The molecule has 1 aliphatic heterocycles. The number of amides is 2. The van der Waals surface area contributed by atoms with Crippen LogP contribution in [0.4, 0.5) is 4.39 Å². The van der Waals surface area contributed by atoms with Crippen molar-refractivity contribution in [2.45, 2.75) is 32.9 Å². The van der Waals surface area contributed by atoms with Crippen LogP contribution in [0.15, 0.2) is 18.2 Å². The van der Waals surface area contributed by atoms with Crippen molar-refractivity contribution in [3.05, 3.63) is 34.6 Å². The molecular weight excluding hydrogens is 295 g/mol. The molecule has 1 aromatic rings. The van der Waals surface area contributed by atoms with Crippen molar-refractivity contribution in [3.8, 4) is 0 Å². The summed E-state index contributed by atoms with van der Waals surface area (Å²) < 4.78 is 13.1. The van der Waals surface area contributed by atoms with Crippen LogP contribution in [0.1, 0.15) is 25.8 Å². The molecular formula is C15H18ClFN2O2. The maximum atomic E-state index is 13.1. The minimum absolute atomic E-state index is 0.0605. The highest BCUT2D eigenvalue weighted by Crippen LogP contribution is 2.22. The van der Waals surface area contributed by atoms with Gasteiger partial charge in [0.1, 0.15) is 11.9 Å². The van der Waals surface area contributed by atoms with Crippen molar-refractivity contribution in [1.82, 2.24) is 9.80 Å². The van der Waals surface area contributed by atoms with Crippen LogP contribution < -0.4 is 0 Å². The Labute approximate surface area is 128 Å². The zero-order valence-corrected chi connectivity index (χ0v) is 12.9. The summed E-state index contributed by atoms with van der Waals surface area (Å²) in [6, 6.07) is 3.52. The van der Waals surface area contributed by atoms with Gasteiger partial charge in [-0.05, 0) is 31.0 Å². The molecule has 114 valence electrons. The molecule has 0 unspecified atom stereocenters. The van der Waals surface area contributed by atoms with Crippen molar-refractivity contribution in [1.29, 1.82) is 0 Å². The molecule has 2 rings (SSSR count). The van der Waals surface area contributed by atoms with Gasteiger partial charge < -0.3 is 9.80 Å². The quantitative estimate of drug-likeness (QED) is 0.857. The molecule has 0 aromatic heterocycles. The maximum Gasteiger partial charge on any atom is 0.245 e. The van der Waals surface area contributed by atoms with Crippen LogP contribution >= 0.6 is 11.6 Å². The molecule has 2 amide bonds. The molecule has 1 aliphatic rings. The van der Waals surface area contributed by atoms with Gasteiger partial charge in [-0.3, -0.25) is 9.59 Å². The third kappa shape index (κ3) is 3.35. The molecule has 21 heavy (non-hydrogen) atoms. The first-order valence-corrected chi connectivity index (χ1v) is 7.34. The summed E-state index contributed by atoms with van der Waals surface area (Å²) >= 11 is 5.99. The van der Waals surface area contributed by atoms with Gasteiger partial charge in [0.25, 0.3) is 0 Å². The Bertz CT molecular complexity index is 565. The molecule has 1 heterocycles. The minimum Gasteiger partial charge on any atom is -0.332 e. The first kappa shape index (κ1) is 15.8. The second kappa shape index (κ2) is 6.43. The van der Waals surface area contributed by atoms with Crippen LogP contribution in [0.3, 0.4) is 0 Å². The molecule has 0 saturated carbocycles. The van der Waals surface area contributed by atoms with E-state index in [2.05, 4.69) is 0 Å². The van der Waals surface area contributed by atoms with Crippen molar-refractivity contribution in [2.75, 3.05) is 13.1 Å². The van der Waals surface area contributed by atoms with Crippen molar-refractivity contribution < 1.29 is 14.0 Å². The van der Waals surface area contributed by atoms with Gasteiger partial charge in [-0.2, -0.15) is 0 Å². The highest BCUT2D eigenvalue weighted by molar-refractivity contribution is 6.31. The Balaban J connectivity index is 2.16. The number of carbonyl (C=O) groups is 2. The predicted octanol–water partition coefficient (Wildman–Crippen LogP) is 2.45. The molecule has 0 N–H and O–H groups in total. The van der Waals surface area contributed by atoms with Gasteiger partial charge in [0.2, 0.25) is 11.8 Å². The van der Waals surface area contributed by atoms with Crippen LogP contribution in [0.5, 0.6) is 0 Å². The van der Waals surface area contributed by atoms with Gasteiger partial charge in [-0.15, -0.1) is 0 Å². The van der Waals surface area contributed by atoms with E-state index in [0.717, 1.165) is 6.42 Å². The predicted molar refractivity (Wildman–Crippen MR) is 78.3 cm³/mol. The fourth-order valence-electron chi connectivity index (χ4n) is 2.46. The number of hydrogen-bond donors (Lipinski definition) is 0. The van der Waals surface area contributed by atoms with E-state index in [9.17, 15) is 14.0 Å². The zero-order chi connectivity index (χ0) is 15.6. The van der Waals surface area contributed by atoms with Gasteiger partial charge >= 0.3 is 0 Å². The number of nitrogens with zero attached hydrogens (tertiary/aromatic N) is 2. The van der Waals surface area contributed by atoms with Crippen molar-refractivity contribution >= 4 is 23.4 Å². The van der Waals surface area contributed by atoms with E-state index in [4.69, 9.17) is 11.6 Å². The summed E-state index contributed by atoms with van der Waals surface area (Å²) in [5.41, 5.74) is 0.634. The van der Waals surface area contributed by atoms with E-state index in [1.807, 2.05) is 6.92 Å². The summed E-state index contributed by atoms with van der Waals surface area (Å²) in [5.74, 6) is -0.599. The number of benzene rings is 1. The van der Waals surface area contributed by atoms with Crippen LogP contribution in [0.25, 0.3) is 0 Å². The lowest BCUT2D eigenvalue weighted by Crippen LogP contribution is -2.58. The van der Waals surface area contributed by atoms with E-state index >= 15 is 0 Å². The molecule has 6 heteroatoms. The van der Waals surface area contributed by atoms with Gasteiger partial charge in [-0.25, -0.2) is 4.39 Å². The first-order valence-electron chi connectivity index (χ1n) is 6.96. The van der Waals surface area contributed by atoms with Gasteiger partial charge in [0.05, 0.1) is 6.54 Å². The molecule has 0 spiro atoms. The average Bonchev–Trinajstić information content (AvgIpc) is 2.43. The monoisotopic (exact) mass is 312 g/mol. The highest BCUT2D eigenvalue weighted by Gasteiger charge is 2.36. The fourth-order valence-corrected chi connectivity index (χ4v) is 2.69. The topological polar surface area (TPSA) is 40.6 Å². The lowest BCUT2D eigenvalue weighted by Gasteiger charge is -2.38. The standard InChI is InChI=1S/C15H18ClFN2O2/c1-3-6-18-9-14(20)19(10(2)15(18)21)8-11-4-5-12(17)7-13(11)16/h4-5,7,10H,3,6,8-9H2,1-2H3/t10-/m0/s1. The Morgan fingerprint density at radius 3 is 2.71 bits per heavy atom. The van der Waals surface area contributed by atoms with Crippen LogP contribution in [0, 0.1) is 5.82 Å². The Morgan fingerprint density at radius 1 is 1.38 bits per heavy atom. The third-order valence-corrected chi connectivity index (χ3v) is 3.98. The molecule has 4 nitrogen and oxygen atoms in total. The second-order valence-corrected chi connectivity index (χ2v) is 5.60. The molecule has 0 radical (unpaired) electrons. The van der Waals surface area contributed by atoms with Crippen LogP contribution in [0.2, 0.25) is 5.02 Å². The first-order chi connectivity index (χ1) is 9.93. The number of halogens is 2. The normalized spacial score (nSPS) is 19.3. The molecule has 0 aliphatic carbocycles. The van der Waals surface area contributed by atoms with Crippen molar-refractivity contribution in [2.24, 2.45) is 0 Å². The SMILES string of the molecule is CCCN1CC(=O)N(Cc2ccc(F)cc2Cl)[C@@H](C)C1=O. The smallest absolute Gasteiger partial charge is 0.245 e. The Hall–Kier alpha value is -1.62. The largest absolute Gasteiger partial charge is 0.332 e. The van der Waals surface area contributed by atoms with E-state index in [1.54, 1.807) is 17.9 Å². The van der Waals surface area contributed by atoms with E-state index in [0.29, 0.717) is 12.1 Å². The highest BCUT2D eigenvalue weighted by atomic mass is 35.5. The Morgan fingerprint density at radius 2 is 2.10 bits per heavy atom. The minimum atomic E-state index is -0.529. The van der Waals surface area contributed by atoms with Gasteiger partial charge in [-0.1, -0.05) is 24.6 Å². The van der Waals surface area contributed by atoms with Gasteiger partial charge in [0.15, 0.2) is 0 Å². The van der Waals surface area contributed by atoms with E-state index in [-0.39, 0.29) is 29.9 Å². The fraction of sp³-hybridized carbons (Fsp3) is 0.467. The molecule has 1 saturated heterocycles. The van der Waals surface area contributed by atoms with E-state index in [1.165, 1.54) is 17.0 Å². The summed E-state index contributed by atoms with van der Waals surface area (Å²) in [4.78, 5) is 27.5. The molecule has 1 atom stereocenters. The summed E-state index contributed by atoms with van der Waals surface area (Å²) in [7, 11) is 0. The summed E-state index contributed by atoms with van der Waals surface area (Å²) in [5, 5.41) is 0.262. The maximum absolute atomic E-state index is 13.1. The van der Waals surface area contributed by atoms with Crippen LogP contribution in [-0.4, -0.2) is 40.7 Å².